The molecule has 0 saturated heterocycles. The Labute approximate surface area is 172 Å². The molecule has 14 heteroatoms. The summed E-state index contributed by atoms with van der Waals surface area (Å²) >= 11 is 3.84. The number of hydrogen-bond acceptors (Lipinski definition) is 9. The normalized spacial score (nSPS) is 12.1. The maximum atomic E-state index is 11.9. The van der Waals surface area contributed by atoms with Crippen molar-refractivity contribution in [2.24, 2.45) is 5.73 Å². The predicted octanol–water partition coefficient (Wildman–Crippen LogP) is -5.23. The molecule has 0 spiro atoms. The van der Waals surface area contributed by atoms with Gasteiger partial charge in [-0.1, -0.05) is 0 Å². The highest BCUT2D eigenvalue weighted by molar-refractivity contribution is 7.80. The van der Waals surface area contributed by atoms with E-state index in [9.17, 15) is 33.9 Å². The average molecular weight is 434 g/mol. The smallest absolute Gasteiger partial charge is 0.245 e. The van der Waals surface area contributed by atoms with Crippen LogP contribution in [-0.2, 0) is 28.8 Å². The molecule has 2 unspecified atom stereocenters. The van der Waals surface area contributed by atoms with Gasteiger partial charge in [0.05, 0.1) is 38.8 Å². The maximum absolute atomic E-state index is 11.9. The van der Waals surface area contributed by atoms with Crippen LogP contribution in [0, 0.1) is 0 Å². The third-order valence-corrected chi connectivity index (χ3v) is 3.59. The molecule has 0 aliphatic carbocycles. The zero-order valence-electron chi connectivity index (χ0n) is 15.8. The van der Waals surface area contributed by atoms with Crippen molar-refractivity contribution in [1.82, 2.24) is 26.6 Å². The number of thiol groups is 1. The van der Waals surface area contributed by atoms with Crippen molar-refractivity contribution in [1.29, 1.82) is 0 Å². The monoisotopic (exact) mass is 434 g/mol. The van der Waals surface area contributed by atoms with Gasteiger partial charge >= 0.3 is 0 Å². The van der Waals surface area contributed by atoms with E-state index in [1.54, 1.807) is 0 Å². The molecule has 0 radical (unpaired) electrons. The van der Waals surface area contributed by atoms with Gasteiger partial charge in [-0.05, 0) is 6.92 Å². The first kappa shape index (κ1) is 26.3. The number of nitrogens with two attached hydrogens (primary N) is 1. The summed E-state index contributed by atoms with van der Waals surface area (Å²) in [7, 11) is 0. The standard InChI is InChI=1S/C15H26N6O7S/c1-8(23)2-17-11(24)3-18-12(25)4-19-13(26)5-20-15(28)10(6-22)21-14(27)9(16)7-29/h9-10,22,29H,2-7,16H2,1H3,(H,17,24)(H,18,25)(H,19,26)(H,20,28)(H,21,27). The van der Waals surface area contributed by atoms with E-state index in [0.29, 0.717) is 0 Å². The summed E-state index contributed by atoms with van der Waals surface area (Å²) in [6.45, 7) is -0.915. The summed E-state index contributed by atoms with van der Waals surface area (Å²) in [4.78, 5) is 68.7. The van der Waals surface area contributed by atoms with Crippen LogP contribution in [0.1, 0.15) is 6.92 Å². The number of Topliss-reactive ketones (excluding diaryl/α,β-unsaturated/α-hetero) is 1. The van der Waals surface area contributed by atoms with Crippen LogP contribution in [0.5, 0.6) is 0 Å². The lowest BCUT2D eigenvalue weighted by molar-refractivity contribution is -0.131. The van der Waals surface area contributed by atoms with E-state index in [1.807, 2.05) is 0 Å². The summed E-state index contributed by atoms with van der Waals surface area (Å²) in [6.07, 6.45) is 0. The molecular formula is C15H26N6O7S. The number of rotatable bonds is 13. The van der Waals surface area contributed by atoms with Gasteiger partial charge < -0.3 is 37.4 Å². The summed E-state index contributed by atoms with van der Waals surface area (Å²) in [5.41, 5.74) is 5.44. The Kier molecular flexibility index (Phi) is 13.0. The van der Waals surface area contributed by atoms with Crippen molar-refractivity contribution in [3.05, 3.63) is 0 Å². The first-order valence-electron chi connectivity index (χ1n) is 8.45. The minimum Gasteiger partial charge on any atom is -0.394 e. The number of aliphatic hydroxyl groups is 1. The Morgan fingerprint density at radius 2 is 1.28 bits per heavy atom. The molecule has 0 aliphatic rings. The molecule has 164 valence electrons. The largest absolute Gasteiger partial charge is 0.394 e. The Hall–Kier alpha value is -2.71. The van der Waals surface area contributed by atoms with Gasteiger partial charge in [0.1, 0.15) is 11.8 Å². The highest BCUT2D eigenvalue weighted by Gasteiger charge is 2.22. The second-order valence-electron chi connectivity index (χ2n) is 5.78. The van der Waals surface area contributed by atoms with E-state index in [1.165, 1.54) is 6.92 Å². The second kappa shape index (κ2) is 14.3. The van der Waals surface area contributed by atoms with Crippen molar-refractivity contribution >= 4 is 47.9 Å². The van der Waals surface area contributed by atoms with Crippen molar-refractivity contribution in [2.45, 2.75) is 19.0 Å². The molecule has 0 fully saturated rings. The van der Waals surface area contributed by atoms with Crippen LogP contribution < -0.4 is 32.3 Å². The first-order chi connectivity index (χ1) is 13.6. The van der Waals surface area contributed by atoms with Crippen LogP contribution in [0.2, 0.25) is 0 Å². The minimum absolute atomic E-state index is 0.0362. The SMILES string of the molecule is CC(=O)CNC(=O)CNC(=O)CNC(=O)CNC(=O)C(CO)NC(=O)C(N)CS. The number of nitrogens with one attached hydrogen (secondary N) is 5. The van der Waals surface area contributed by atoms with Gasteiger partial charge in [-0.2, -0.15) is 12.6 Å². The van der Waals surface area contributed by atoms with E-state index in [4.69, 9.17) is 5.73 Å². The van der Waals surface area contributed by atoms with Gasteiger partial charge in [0.25, 0.3) is 0 Å². The van der Waals surface area contributed by atoms with E-state index >= 15 is 0 Å². The van der Waals surface area contributed by atoms with E-state index in [-0.39, 0.29) is 24.6 Å². The number of carbonyl (C=O) groups is 6. The number of carbonyl (C=O) groups excluding carboxylic acids is 6. The van der Waals surface area contributed by atoms with E-state index in [2.05, 4.69) is 39.2 Å². The molecule has 0 saturated carbocycles. The van der Waals surface area contributed by atoms with Crippen LogP contribution in [0.15, 0.2) is 0 Å². The van der Waals surface area contributed by atoms with Gasteiger partial charge in [0, 0.05) is 5.75 Å². The highest BCUT2D eigenvalue weighted by atomic mass is 32.1. The van der Waals surface area contributed by atoms with Gasteiger partial charge in [0.2, 0.25) is 29.5 Å². The molecule has 0 bridgehead atoms. The first-order valence-corrected chi connectivity index (χ1v) is 9.08. The van der Waals surface area contributed by atoms with Gasteiger partial charge in [0.15, 0.2) is 0 Å². The Morgan fingerprint density at radius 1 is 0.828 bits per heavy atom. The Morgan fingerprint density at radius 3 is 1.69 bits per heavy atom. The molecule has 13 nitrogen and oxygen atoms in total. The van der Waals surface area contributed by atoms with Crippen molar-refractivity contribution in [3.63, 3.8) is 0 Å². The lowest BCUT2D eigenvalue weighted by Crippen LogP contribution is -2.54. The van der Waals surface area contributed by atoms with Crippen LogP contribution >= 0.6 is 12.6 Å². The Bertz CT molecular complexity index is 630. The van der Waals surface area contributed by atoms with Crippen LogP contribution in [0.4, 0.5) is 0 Å². The zero-order valence-corrected chi connectivity index (χ0v) is 16.7. The molecule has 0 aliphatic heterocycles. The fraction of sp³-hybridized carbons (Fsp3) is 0.600. The molecular weight excluding hydrogens is 408 g/mol. The molecule has 0 aromatic heterocycles. The zero-order chi connectivity index (χ0) is 22.4. The van der Waals surface area contributed by atoms with Crippen LogP contribution in [-0.4, -0.2) is 91.0 Å². The third-order valence-electron chi connectivity index (χ3n) is 3.20. The number of hydrogen-bond donors (Lipinski definition) is 8. The molecule has 0 heterocycles. The Balaban J connectivity index is 4.16. The number of amides is 5. The van der Waals surface area contributed by atoms with E-state index < -0.39 is 61.3 Å². The highest BCUT2D eigenvalue weighted by Crippen LogP contribution is 1.88. The van der Waals surface area contributed by atoms with Crippen molar-refractivity contribution in [3.8, 4) is 0 Å². The summed E-state index contributed by atoms with van der Waals surface area (Å²) in [5.74, 6) is -3.67. The maximum Gasteiger partial charge on any atom is 0.245 e. The molecule has 2 atom stereocenters. The molecule has 0 rings (SSSR count). The van der Waals surface area contributed by atoms with Crippen LogP contribution in [0.25, 0.3) is 0 Å². The van der Waals surface area contributed by atoms with Gasteiger partial charge in [-0.3, -0.25) is 28.8 Å². The molecule has 8 N–H and O–H groups in total. The lowest BCUT2D eigenvalue weighted by atomic mass is 10.2. The summed E-state index contributed by atoms with van der Waals surface area (Å²) < 4.78 is 0. The topological polar surface area (TPSA) is 209 Å². The van der Waals surface area contributed by atoms with E-state index in [0.717, 1.165) is 0 Å². The number of ketones is 1. The third kappa shape index (κ3) is 12.4. The molecule has 0 aromatic carbocycles. The van der Waals surface area contributed by atoms with Crippen molar-refractivity contribution < 1.29 is 33.9 Å². The summed E-state index contributed by atoms with van der Waals surface area (Å²) in [6, 6.07) is -2.27. The summed E-state index contributed by atoms with van der Waals surface area (Å²) in [5, 5.41) is 20.3. The average Bonchev–Trinajstić information content (AvgIpc) is 2.70. The lowest BCUT2D eigenvalue weighted by Gasteiger charge is -2.18. The van der Waals surface area contributed by atoms with Gasteiger partial charge in [-0.25, -0.2) is 0 Å². The van der Waals surface area contributed by atoms with Crippen molar-refractivity contribution in [2.75, 3.05) is 38.5 Å². The molecule has 0 aromatic rings. The fourth-order valence-corrected chi connectivity index (χ4v) is 1.78. The quantitative estimate of drug-likeness (QED) is 0.131. The van der Waals surface area contributed by atoms with Crippen LogP contribution in [0.3, 0.4) is 0 Å². The number of aliphatic hydroxyl groups excluding tert-OH is 1. The second-order valence-corrected chi connectivity index (χ2v) is 6.15. The van der Waals surface area contributed by atoms with Gasteiger partial charge in [-0.15, -0.1) is 0 Å². The molecule has 29 heavy (non-hydrogen) atoms. The molecule has 5 amide bonds. The minimum atomic E-state index is -1.31. The fourth-order valence-electron chi connectivity index (χ4n) is 1.61. The predicted molar refractivity (Wildman–Crippen MR) is 104 cm³/mol.